The first kappa shape index (κ1) is 12.4. The van der Waals surface area contributed by atoms with Crippen LogP contribution in [-0.2, 0) is 0 Å². The summed E-state index contributed by atoms with van der Waals surface area (Å²) in [5, 5.41) is 3.91. The average molecular weight is 224 g/mol. The molecule has 1 N–H and O–H groups in total. The van der Waals surface area contributed by atoms with Crippen molar-refractivity contribution < 1.29 is 0 Å². The predicted molar refractivity (Wildman–Crippen MR) is 69.8 cm³/mol. The molecule has 1 aliphatic heterocycles. The van der Waals surface area contributed by atoms with E-state index in [1.165, 1.54) is 70.9 Å². The molecule has 0 radical (unpaired) electrons. The molecule has 0 amide bonds. The number of likely N-dealkylation sites (tertiary alicyclic amines) is 1. The number of nitrogens with zero attached hydrogens (tertiary/aromatic N) is 1. The van der Waals surface area contributed by atoms with Crippen molar-refractivity contribution in [2.75, 3.05) is 20.1 Å². The van der Waals surface area contributed by atoms with Gasteiger partial charge in [0.2, 0.25) is 0 Å². The van der Waals surface area contributed by atoms with E-state index in [0.717, 1.165) is 12.1 Å². The summed E-state index contributed by atoms with van der Waals surface area (Å²) in [6.45, 7) is 2.55. The lowest BCUT2D eigenvalue weighted by atomic mass is 9.95. The van der Waals surface area contributed by atoms with E-state index in [4.69, 9.17) is 0 Å². The number of rotatable bonds is 2. The quantitative estimate of drug-likeness (QED) is 0.776. The van der Waals surface area contributed by atoms with Crippen LogP contribution in [0.4, 0.5) is 0 Å². The lowest BCUT2D eigenvalue weighted by Crippen LogP contribution is -2.48. The molecule has 2 aliphatic rings. The van der Waals surface area contributed by atoms with Crippen molar-refractivity contribution in [3.05, 3.63) is 0 Å². The third-order valence-electron chi connectivity index (χ3n) is 4.20. The molecule has 1 unspecified atom stereocenters. The first-order chi connectivity index (χ1) is 7.84. The van der Waals surface area contributed by atoms with Crippen LogP contribution in [0, 0.1) is 0 Å². The van der Waals surface area contributed by atoms with Crippen molar-refractivity contribution in [2.24, 2.45) is 0 Å². The highest BCUT2D eigenvalue weighted by atomic mass is 15.1. The van der Waals surface area contributed by atoms with Gasteiger partial charge in [0.1, 0.15) is 0 Å². The van der Waals surface area contributed by atoms with Crippen molar-refractivity contribution in [3.8, 4) is 0 Å². The largest absolute Gasteiger partial charge is 0.310 e. The van der Waals surface area contributed by atoms with Gasteiger partial charge < -0.3 is 10.2 Å². The van der Waals surface area contributed by atoms with E-state index in [1.54, 1.807) is 0 Å². The highest BCUT2D eigenvalue weighted by Crippen LogP contribution is 2.19. The van der Waals surface area contributed by atoms with E-state index < -0.39 is 0 Å². The molecule has 0 aromatic carbocycles. The van der Waals surface area contributed by atoms with Crippen molar-refractivity contribution in [2.45, 2.75) is 69.9 Å². The van der Waals surface area contributed by atoms with Crippen LogP contribution in [0.2, 0.25) is 0 Å². The summed E-state index contributed by atoms with van der Waals surface area (Å²) < 4.78 is 0. The fourth-order valence-corrected chi connectivity index (χ4v) is 3.26. The summed E-state index contributed by atoms with van der Waals surface area (Å²) in [4.78, 5) is 2.48. The molecule has 1 aliphatic carbocycles. The van der Waals surface area contributed by atoms with Crippen LogP contribution < -0.4 is 5.32 Å². The van der Waals surface area contributed by atoms with Crippen LogP contribution in [0.1, 0.15) is 57.8 Å². The summed E-state index contributed by atoms with van der Waals surface area (Å²) in [6, 6.07) is 1.58. The molecule has 1 saturated carbocycles. The van der Waals surface area contributed by atoms with E-state index in [2.05, 4.69) is 17.3 Å². The Bertz CT molecular complexity index is 185. The fraction of sp³-hybridized carbons (Fsp3) is 1.00. The van der Waals surface area contributed by atoms with Crippen LogP contribution in [0.3, 0.4) is 0 Å². The first-order valence-corrected chi connectivity index (χ1v) is 7.29. The molecule has 2 fully saturated rings. The second-order valence-corrected chi connectivity index (χ2v) is 5.81. The summed E-state index contributed by atoms with van der Waals surface area (Å²) in [7, 11) is 2.26. The van der Waals surface area contributed by atoms with Gasteiger partial charge in [0.05, 0.1) is 0 Å². The molecule has 1 saturated heterocycles. The van der Waals surface area contributed by atoms with E-state index in [0.29, 0.717) is 0 Å². The average Bonchev–Trinajstić information content (AvgIpc) is 2.22. The second-order valence-electron chi connectivity index (χ2n) is 5.81. The van der Waals surface area contributed by atoms with Gasteiger partial charge in [0.15, 0.2) is 0 Å². The highest BCUT2D eigenvalue weighted by molar-refractivity contribution is 4.81. The van der Waals surface area contributed by atoms with Crippen LogP contribution >= 0.6 is 0 Å². The number of hydrogen-bond acceptors (Lipinski definition) is 2. The number of hydrogen-bond donors (Lipinski definition) is 1. The molecular weight excluding hydrogens is 196 g/mol. The van der Waals surface area contributed by atoms with Crippen LogP contribution in [0.5, 0.6) is 0 Å². The normalized spacial score (nSPS) is 30.9. The highest BCUT2D eigenvalue weighted by Gasteiger charge is 2.20. The zero-order valence-electron chi connectivity index (χ0n) is 10.9. The van der Waals surface area contributed by atoms with Crippen molar-refractivity contribution >= 4 is 0 Å². The molecule has 0 aromatic heterocycles. The Morgan fingerprint density at radius 2 is 1.44 bits per heavy atom. The Hall–Kier alpha value is -0.0800. The topological polar surface area (TPSA) is 15.3 Å². The minimum atomic E-state index is 0.767. The van der Waals surface area contributed by atoms with Gasteiger partial charge in [-0.05, 0) is 39.3 Å². The lowest BCUT2D eigenvalue weighted by Gasteiger charge is -2.34. The lowest BCUT2D eigenvalue weighted by molar-refractivity contribution is 0.208. The third-order valence-corrected chi connectivity index (χ3v) is 4.20. The Kier molecular flexibility index (Phi) is 5.11. The van der Waals surface area contributed by atoms with E-state index in [9.17, 15) is 0 Å². The number of nitrogens with one attached hydrogen (secondary N) is 1. The molecule has 2 nitrogen and oxygen atoms in total. The van der Waals surface area contributed by atoms with Gasteiger partial charge in [-0.1, -0.05) is 32.1 Å². The van der Waals surface area contributed by atoms with Crippen LogP contribution in [0.25, 0.3) is 0 Å². The zero-order valence-corrected chi connectivity index (χ0v) is 10.9. The summed E-state index contributed by atoms with van der Waals surface area (Å²) in [6.07, 6.45) is 12.9. The molecule has 0 spiro atoms. The van der Waals surface area contributed by atoms with E-state index >= 15 is 0 Å². The molecule has 1 atom stereocenters. The van der Waals surface area contributed by atoms with Crippen LogP contribution in [-0.4, -0.2) is 37.1 Å². The minimum absolute atomic E-state index is 0.767. The molecular formula is C14H28N2. The number of piperidine rings is 1. The molecule has 0 bridgehead atoms. The van der Waals surface area contributed by atoms with Gasteiger partial charge in [0, 0.05) is 18.6 Å². The van der Waals surface area contributed by atoms with E-state index in [1.807, 2.05) is 0 Å². The van der Waals surface area contributed by atoms with Gasteiger partial charge in [0.25, 0.3) is 0 Å². The maximum atomic E-state index is 3.91. The van der Waals surface area contributed by atoms with Crippen molar-refractivity contribution in [1.82, 2.24) is 10.2 Å². The Morgan fingerprint density at radius 3 is 2.12 bits per heavy atom. The minimum Gasteiger partial charge on any atom is -0.310 e. The molecule has 1 heterocycles. The van der Waals surface area contributed by atoms with Crippen LogP contribution in [0.15, 0.2) is 0 Å². The molecule has 0 aromatic rings. The summed E-state index contributed by atoms with van der Waals surface area (Å²) in [5.74, 6) is 0. The Morgan fingerprint density at radius 1 is 0.812 bits per heavy atom. The number of likely N-dealkylation sites (N-methyl/N-ethyl adjacent to an activating group) is 1. The molecule has 2 heteroatoms. The van der Waals surface area contributed by atoms with Gasteiger partial charge in [-0.3, -0.25) is 0 Å². The second kappa shape index (κ2) is 6.61. The van der Waals surface area contributed by atoms with Crippen molar-refractivity contribution in [1.29, 1.82) is 0 Å². The summed E-state index contributed by atoms with van der Waals surface area (Å²) in [5.41, 5.74) is 0. The van der Waals surface area contributed by atoms with E-state index in [-0.39, 0.29) is 0 Å². The summed E-state index contributed by atoms with van der Waals surface area (Å²) >= 11 is 0. The third kappa shape index (κ3) is 4.06. The Labute approximate surface area is 101 Å². The van der Waals surface area contributed by atoms with Gasteiger partial charge in [-0.2, -0.15) is 0 Å². The van der Waals surface area contributed by atoms with Crippen molar-refractivity contribution in [3.63, 3.8) is 0 Å². The fourth-order valence-electron chi connectivity index (χ4n) is 3.26. The predicted octanol–water partition coefficient (Wildman–Crippen LogP) is 2.78. The molecule has 94 valence electrons. The first-order valence-electron chi connectivity index (χ1n) is 7.29. The SMILES string of the molecule is CN1CCCC(NC2CCCCCCC2)C1. The smallest absolute Gasteiger partial charge is 0.0197 e. The Balaban J connectivity index is 1.73. The zero-order chi connectivity index (χ0) is 11.2. The van der Waals surface area contributed by atoms with Gasteiger partial charge in [-0.25, -0.2) is 0 Å². The maximum absolute atomic E-state index is 3.91. The maximum Gasteiger partial charge on any atom is 0.0197 e. The monoisotopic (exact) mass is 224 g/mol. The standard InChI is InChI=1S/C14H28N2/c1-16-11-7-10-14(12-16)15-13-8-5-3-2-4-6-9-13/h13-15H,2-12H2,1H3. The molecule has 2 rings (SSSR count). The van der Waals surface area contributed by atoms with Gasteiger partial charge >= 0.3 is 0 Å². The molecule has 16 heavy (non-hydrogen) atoms. The van der Waals surface area contributed by atoms with Gasteiger partial charge in [-0.15, -0.1) is 0 Å².